The maximum Gasteiger partial charge on any atom is 0.0521 e. The van der Waals surface area contributed by atoms with E-state index in [1.807, 2.05) is 0 Å². The summed E-state index contributed by atoms with van der Waals surface area (Å²) in [6.07, 6.45) is 2.43. The second kappa shape index (κ2) is 8.13. The van der Waals surface area contributed by atoms with E-state index >= 15 is 0 Å². The van der Waals surface area contributed by atoms with Crippen LogP contribution in [0, 0.1) is 11.8 Å². The third-order valence-corrected chi connectivity index (χ3v) is 4.03. The molecule has 108 valence electrons. The molecule has 0 spiro atoms. The lowest BCUT2D eigenvalue weighted by Crippen LogP contribution is -2.48. The Morgan fingerprint density at radius 3 is 2.67 bits per heavy atom. The van der Waals surface area contributed by atoms with Crippen LogP contribution in [0.2, 0.25) is 0 Å². The summed E-state index contributed by atoms with van der Waals surface area (Å²) in [6, 6.07) is 1.30. The van der Waals surface area contributed by atoms with Crippen LogP contribution in [0.1, 0.15) is 40.5 Å². The molecule has 0 amide bonds. The number of rotatable bonds is 7. The molecule has 0 radical (unpaired) electrons. The number of nitrogens with one attached hydrogen (secondary N) is 1. The lowest BCUT2D eigenvalue weighted by atomic mass is 9.94. The highest BCUT2D eigenvalue weighted by Gasteiger charge is 2.27. The van der Waals surface area contributed by atoms with Crippen LogP contribution >= 0.6 is 0 Å². The van der Waals surface area contributed by atoms with Gasteiger partial charge in [0.15, 0.2) is 0 Å². The van der Waals surface area contributed by atoms with E-state index in [0.717, 1.165) is 38.6 Å². The topological polar surface area (TPSA) is 24.5 Å². The van der Waals surface area contributed by atoms with E-state index in [1.165, 1.54) is 6.42 Å². The van der Waals surface area contributed by atoms with Crippen LogP contribution in [0.3, 0.4) is 0 Å². The summed E-state index contributed by atoms with van der Waals surface area (Å²) in [6.45, 7) is 13.2. The third kappa shape index (κ3) is 5.25. The monoisotopic (exact) mass is 256 g/mol. The zero-order valence-corrected chi connectivity index (χ0v) is 12.9. The second-order valence-corrected chi connectivity index (χ2v) is 6.21. The van der Waals surface area contributed by atoms with Crippen molar-refractivity contribution >= 4 is 0 Å². The van der Waals surface area contributed by atoms with E-state index in [2.05, 4.69) is 45.0 Å². The first-order valence-electron chi connectivity index (χ1n) is 7.55. The summed E-state index contributed by atoms with van der Waals surface area (Å²) in [5, 5.41) is 3.61. The number of hydrogen-bond acceptors (Lipinski definition) is 3. The Balaban J connectivity index is 2.42. The predicted molar refractivity (Wildman–Crippen MR) is 77.9 cm³/mol. The average molecular weight is 256 g/mol. The zero-order valence-electron chi connectivity index (χ0n) is 12.9. The summed E-state index contributed by atoms with van der Waals surface area (Å²) < 4.78 is 5.65. The van der Waals surface area contributed by atoms with Gasteiger partial charge in [0.05, 0.1) is 6.61 Å². The molecular formula is C15H32N2O. The van der Waals surface area contributed by atoms with Crippen LogP contribution in [0.5, 0.6) is 0 Å². The molecule has 0 aromatic rings. The van der Waals surface area contributed by atoms with Crippen LogP contribution in [0.15, 0.2) is 0 Å². The minimum Gasteiger partial charge on any atom is -0.381 e. The molecule has 3 heteroatoms. The maximum absolute atomic E-state index is 5.65. The van der Waals surface area contributed by atoms with Gasteiger partial charge in [0.1, 0.15) is 0 Å². The van der Waals surface area contributed by atoms with Crippen molar-refractivity contribution < 1.29 is 4.74 Å². The molecular weight excluding hydrogens is 224 g/mol. The Morgan fingerprint density at radius 2 is 2.06 bits per heavy atom. The first kappa shape index (κ1) is 15.9. The van der Waals surface area contributed by atoms with Gasteiger partial charge in [-0.3, -0.25) is 0 Å². The van der Waals surface area contributed by atoms with Crippen LogP contribution in [-0.4, -0.2) is 50.3 Å². The summed E-state index contributed by atoms with van der Waals surface area (Å²) in [4.78, 5) is 2.50. The molecule has 1 heterocycles. The highest BCUT2D eigenvalue weighted by atomic mass is 16.5. The number of hydrogen-bond donors (Lipinski definition) is 1. The summed E-state index contributed by atoms with van der Waals surface area (Å²) in [5.74, 6) is 1.41. The quantitative estimate of drug-likeness (QED) is 0.757. The van der Waals surface area contributed by atoms with Crippen molar-refractivity contribution in [2.75, 3.05) is 33.4 Å². The van der Waals surface area contributed by atoms with Gasteiger partial charge in [0.25, 0.3) is 0 Å². The minimum atomic E-state index is 0.637. The minimum absolute atomic E-state index is 0.637. The Kier molecular flexibility index (Phi) is 7.20. The smallest absolute Gasteiger partial charge is 0.0521 e. The standard InChI is InChI=1S/C15H32N2O/c1-6-16-15-7-8-18-11-14(15)10-17(5)13(4)9-12(2)3/h12-16H,6-11H2,1-5H3. The first-order valence-corrected chi connectivity index (χ1v) is 7.55. The van der Waals surface area contributed by atoms with Crippen molar-refractivity contribution in [3.63, 3.8) is 0 Å². The Morgan fingerprint density at radius 1 is 1.33 bits per heavy atom. The van der Waals surface area contributed by atoms with Crippen LogP contribution in [-0.2, 0) is 4.74 Å². The third-order valence-electron chi connectivity index (χ3n) is 4.03. The Labute approximate surface area is 113 Å². The zero-order chi connectivity index (χ0) is 13.5. The van der Waals surface area contributed by atoms with Crippen molar-refractivity contribution in [1.82, 2.24) is 10.2 Å². The van der Waals surface area contributed by atoms with Gasteiger partial charge >= 0.3 is 0 Å². The Hall–Kier alpha value is -0.120. The molecule has 0 bridgehead atoms. The van der Waals surface area contributed by atoms with Gasteiger partial charge in [0.2, 0.25) is 0 Å². The van der Waals surface area contributed by atoms with Gasteiger partial charge in [-0.05, 0) is 39.3 Å². The number of nitrogens with zero attached hydrogens (tertiary/aromatic N) is 1. The molecule has 1 saturated heterocycles. The molecule has 3 atom stereocenters. The van der Waals surface area contributed by atoms with Crippen molar-refractivity contribution in [2.45, 2.75) is 52.6 Å². The molecule has 3 unspecified atom stereocenters. The average Bonchev–Trinajstić information content (AvgIpc) is 2.31. The van der Waals surface area contributed by atoms with Crippen molar-refractivity contribution in [3.8, 4) is 0 Å². The fourth-order valence-electron chi connectivity index (χ4n) is 2.92. The summed E-state index contributed by atoms with van der Waals surface area (Å²) in [7, 11) is 2.25. The lowest BCUT2D eigenvalue weighted by molar-refractivity contribution is 0.0148. The number of ether oxygens (including phenoxy) is 1. The highest BCUT2D eigenvalue weighted by molar-refractivity contribution is 4.82. The fourth-order valence-corrected chi connectivity index (χ4v) is 2.92. The normalized spacial score (nSPS) is 26.8. The molecule has 1 N–H and O–H groups in total. The molecule has 1 rings (SSSR count). The largest absolute Gasteiger partial charge is 0.381 e. The molecule has 0 aromatic carbocycles. The fraction of sp³-hybridized carbons (Fsp3) is 1.00. The van der Waals surface area contributed by atoms with Gasteiger partial charge in [-0.2, -0.15) is 0 Å². The van der Waals surface area contributed by atoms with E-state index in [-0.39, 0.29) is 0 Å². The van der Waals surface area contributed by atoms with Gasteiger partial charge in [0, 0.05) is 31.2 Å². The SMILES string of the molecule is CCNC1CCOCC1CN(C)C(C)CC(C)C. The molecule has 0 aromatic heterocycles. The maximum atomic E-state index is 5.65. The van der Waals surface area contributed by atoms with E-state index in [1.54, 1.807) is 0 Å². The van der Waals surface area contributed by atoms with Crippen molar-refractivity contribution in [2.24, 2.45) is 11.8 Å². The molecule has 0 aliphatic carbocycles. The van der Waals surface area contributed by atoms with Gasteiger partial charge in [-0.1, -0.05) is 20.8 Å². The van der Waals surface area contributed by atoms with Crippen LogP contribution < -0.4 is 5.32 Å². The summed E-state index contributed by atoms with van der Waals surface area (Å²) in [5.41, 5.74) is 0. The highest BCUT2D eigenvalue weighted by Crippen LogP contribution is 2.18. The van der Waals surface area contributed by atoms with Gasteiger partial charge in [-0.25, -0.2) is 0 Å². The summed E-state index contributed by atoms with van der Waals surface area (Å²) >= 11 is 0. The van der Waals surface area contributed by atoms with Gasteiger partial charge < -0.3 is 15.0 Å². The molecule has 3 nitrogen and oxygen atoms in total. The molecule has 18 heavy (non-hydrogen) atoms. The molecule has 1 fully saturated rings. The molecule has 1 aliphatic rings. The van der Waals surface area contributed by atoms with E-state index < -0.39 is 0 Å². The molecule has 1 aliphatic heterocycles. The van der Waals surface area contributed by atoms with Crippen LogP contribution in [0.25, 0.3) is 0 Å². The lowest BCUT2D eigenvalue weighted by Gasteiger charge is -2.37. The van der Waals surface area contributed by atoms with Crippen LogP contribution in [0.4, 0.5) is 0 Å². The second-order valence-electron chi connectivity index (χ2n) is 6.21. The molecule has 0 saturated carbocycles. The van der Waals surface area contributed by atoms with E-state index in [4.69, 9.17) is 4.74 Å². The first-order chi connectivity index (χ1) is 8.54. The van der Waals surface area contributed by atoms with Crippen molar-refractivity contribution in [1.29, 1.82) is 0 Å². The van der Waals surface area contributed by atoms with Gasteiger partial charge in [-0.15, -0.1) is 0 Å². The predicted octanol–water partition coefficient (Wildman–Crippen LogP) is 2.37. The Bertz CT molecular complexity index is 219. The van der Waals surface area contributed by atoms with Crippen molar-refractivity contribution in [3.05, 3.63) is 0 Å². The van der Waals surface area contributed by atoms with E-state index in [9.17, 15) is 0 Å². The van der Waals surface area contributed by atoms with E-state index in [0.29, 0.717) is 18.0 Å².